The Labute approximate surface area is 114 Å². The molecule has 2 atom stereocenters. The van der Waals surface area contributed by atoms with Crippen LogP contribution < -0.4 is 10.0 Å². The fourth-order valence-corrected chi connectivity index (χ4v) is 3.92. The zero-order valence-electron chi connectivity index (χ0n) is 11.4. The van der Waals surface area contributed by atoms with Gasteiger partial charge in [0.1, 0.15) is 10.7 Å². The van der Waals surface area contributed by atoms with Crippen LogP contribution in [0.2, 0.25) is 0 Å². The van der Waals surface area contributed by atoms with Crippen molar-refractivity contribution in [1.82, 2.24) is 9.71 Å². The smallest absolute Gasteiger partial charge is 0.244 e. The maximum absolute atomic E-state index is 12.4. The number of hydrogen-bond acceptors (Lipinski definition) is 4. The summed E-state index contributed by atoms with van der Waals surface area (Å²) in [4.78, 5) is 4.33. The fraction of sp³-hybridized carbons (Fsp3) is 0.615. The van der Waals surface area contributed by atoms with Crippen LogP contribution in [0.5, 0.6) is 0 Å². The van der Waals surface area contributed by atoms with Gasteiger partial charge >= 0.3 is 0 Å². The summed E-state index contributed by atoms with van der Waals surface area (Å²) >= 11 is 0. The topological polar surface area (TPSA) is 71.1 Å². The minimum atomic E-state index is -3.49. The average Bonchev–Trinajstić information content (AvgIpc) is 2.75. The predicted octanol–water partition coefficient (Wildman–Crippen LogP) is 1.98. The maximum atomic E-state index is 12.4. The molecule has 106 valence electrons. The highest BCUT2D eigenvalue weighted by molar-refractivity contribution is 7.89. The number of anilines is 1. The molecule has 1 heterocycles. The van der Waals surface area contributed by atoms with Crippen LogP contribution in [-0.4, -0.2) is 26.0 Å². The van der Waals surface area contributed by atoms with E-state index in [4.69, 9.17) is 0 Å². The molecular weight excluding hydrogens is 262 g/mol. The number of rotatable bonds is 5. The highest BCUT2D eigenvalue weighted by Gasteiger charge is 2.28. The molecule has 1 fully saturated rings. The first-order valence-corrected chi connectivity index (χ1v) is 8.22. The molecule has 6 heteroatoms. The van der Waals surface area contributed by atoms with Gasteiger partial charge in [-0.25, -0.2) is 18.1 Å². The fourth-order valence-electron chi connectivity index (χ4n) is 2.50. The summed E-state index contributed by atoms with van der Waals surface area (Å²) in [5, 5.41) is 2.99. The van der Waals surface area contributed by atoms with Gasteiger partial charge in [-0.05, 0) is 44.2 Å². The lowest BCUT2D eigenvalue weighted by Crippen LogP contribution is -2.33. The Morgan fingerprint density at radius 1 is 1.42 bits per heavy atom. The minimum absolute atomic E-state index is 0.0506. The van der Waals surface area contributed by atoms with Gasteiger partial charge in [0.2, 0.25) is 10.0 Å². The van der Waals surface area contributed by atoms with E-state index in [0.29, 0.717) is 18.3 Å². The molecule has 0 aromatic carbocycles. The summed E-state index contributed by atoms with van der Waals surface area (Å²) in [5.41, 5.74) is 0. The van der Waals surface area contributed by atoms with Crippen LogP contribution in [-0.2, 0) is 10.0 Å². The molecule has 19 heavy (non-hydrogen) atoms. The van der Waals surface area contributed by atoms with E-state index in [1.165, 1.54) is 0 Å². The standard InChI is InChI=1S/C13H21N3O2S/c1-3-14-13-12(5-4-8-15-13)19(17,18)16-11-7-6-10(2)9-11/h4-5,8,10-11,16H,3,6-7,9H2,1-2H3,(H,14,15). The third-order valence-corrected chi connectivity index (χ3v) is 4.97. The van der Waals surface area contributed by atoms with Crippen LogP contribution in [0, 0.1) is 5.92 Å². The van der Waals surface area contributed by atoms with Crippen molar-refractivity contribution in [1.29, 1.82) is 0 Å². The molecule has 5 nitrogen and oxygen atoms in total. The molecule has 0 bridgehead atoms. The van der Waals surface area contributed by atoms with Gasteiger partial charge in [0, 0.05) is 18.8 Å². The Balaban J connectivity index is 2.19. The van der Waals surface area contributed by atoms with Crippen LogP contribution in [0.3, 0.4) is 0 Å². The van der Waals surface area contributed by atoms with Crippen molar-refractivity contribution in [3.8, 4) is 0 Å². The molecule has 1 aliphatic rings. The van der Waals surface area contributed by atoms with E-state index in [1.807, 2.05) is 6.92 Å². The predicted molar refractivity (Wildman–Crippen MR) is 75.5 cm³/mol. The molecule has 1 saturated carbocycles. The van der Waals surface area contributed by atoms with Gasteiger partial charge in [-0.3, -0.25) is 0 Å². The first-order valence-electron chi connectivity index (χ1n) is 6.74. The van der Waals surface area contributed by atoms with E-state index in [0.717, 1.165) is 19.3 Å². The first kappa shape index (κ1) is 14.3. The number of sulfonamides is 1. The largest absolute Gasteiger partial charge is 0.369 e. The minimum Gasteiger partial charge on any atom is -0.369 e. The van der Waals surface area contributed by atoms with Crippen LogP contribution in [0.4, 0.5) is 5.82 Å². The Morgan fingerprint density at radius 2 is 2.21 bits per heavy atom. The van der Waals surface area contributed by atoms with Gasteiger partial charge in [-0.15, -0.1) is 0 Å². The second kappa shape index (κ2) is 5.88. The molecule has 1 aliphatic carbocycles. The lowest BCUT2D eigenvalue weighted by Gasteiger charge is -2.15. The van der Waals surface area contributed by atoms with Crippen LogP contribution in [0.25, 0.3) is 0 Å². The number of nitrogens with zero attached hydrogens (tertiary/aromatic N) is 1. The summed E-state index contributed by atoms with van der Waals surface area (Å²) in [6.45, 7) is 4.71. The van der Waals surface area contributed by atoms with Crippen molar-refractivity contribution in [2.45, 2.75) is 44.0 Å². The van der Waals surface area contributed by atoms with Crippen LogP contribution in [0.1, 0.15) is 33.1 Å². The second-order valence-corrected chi connectivity index (χ2v) is 6.80. The molecule has 0 aliphatic heterocycles. The number of hydrogen-bond donors (Lipinski definition) is 2. The lowest BCUT2D eigenvalue weighted by atomic mass is 10.1. The number of aromatic nitrogens is 1. The number of nitrogens with one attached hydrogen (secondary N) is 2. The zero-order chi connectivity index (χ0) is 13.9. The quantitative estimate of drug-likeness (QED) is 0.867. The molecule has 0 amide bonds. The monoisotopic (exact) mass is 283 g/mol. The van der Waals surface area contributed by atoms with E-state index in [9.17, 15) is 8.42 Å². The van der Waals surface area contributed by atoms with Crippen molar-refractivity contribution in [2.24, 2.45) is 5.92 Å². The lowest BCUT2D eigenvalue weighted by molar-refractivity contribution is 0.538. The average molecular weight is 283 g/mol. The summed E-state index contributed by atoms with van der Waals surface area (Å²) in [6.07, 6.45) is 4.50. The third-order valence-electron chi connectivity index (χ3n) is 3.42. The van der Waals surface area contributed by atoms with Crippen molar-refractivity contribution in [3.05, 3.63) is 18.3 Å². The van der Waals surface area contributed by atoms with Gasteiger partial charge in [0.05, 0.1) is 0 Å². The molecule has 0 saturated heterocycles. The van der Waals surface area contributed by atoms with E-state index in [2.05, 4.69) is 21.9 Å². The summed E-state index contributed by atoms with van der Waals surface area (Å²) < 4.78 is 27.6. The second-order valence-electron chi connectivity index (χ2n) is 5.12. The van der Waals surface area contributed by atoms with E-state index >= 15 is 0 Å². The molecule has 1 aromatic heterocycles. The zero-order valence-corrected chi connectivity index (χ0v) is 12.2. The summed E-state index contributed by atoms with van der Waals surface area (Å²) in [5.74, 6) is 1.01. The molecule has 0 spiro atoms. The third kappa shape index (κ3) is 3.45. The van der Waals surface area contributed by atoms with Gasteiger partial charge in [-0.2, -0.15) is 0 Å². The Kier molecular flexibility index (Phi) is 4.42. The Hall–Kier alpha value is -1.14. The van der Waals surface area contributed by atoms with Gasteiger partial charge < -0.3 is 5.32 Å². The van der Waals surface area contributed by atoms with Crippen LogP contribution in [0.15, 0.2) is 23.2 Å². The van der Waals surface area contributed by atoms with Crippen molar-refractivity contribution >= 4 is 15.8 Å². The summed E-state index contributed by atoms with van der Waals surface area (Å²) in [7, 11) is -3.49. The molecule has 1 aromatic rings. The summed E-state index contributed by atoms with van der Waals surface area (Å²) in [6, 6.07) is 3.29. The van der Waals surface area contributed by atoms with Crippen molar-refractivity contribution in [3.63, 3.8) is 0 Å². The first-order chi connectivity index (χ1) is 9.03. The molecular formula is C13H21N3O2S. The van der Waals surface area contributed by atoms with Crippen molar-refractivity contribution < 1.29 is 8.42 Å². The normalized spacial score (nSPS) is 23.5. The Morgan fingerprint density at radius 3 is 2.84 bits per heavy atom. The SMILES string of the molecule is CCNc1ncccc1S(=O)(=O)NC1CCC(C)C1. The van der Waals surface area contributed by atoms with Crippen LogP contribution >= 0.6 is 0 Å². The van der Waals surface area contributed by atoms with E-state index in [1.54, 1.807) is 18.3 Å². The van der Waals surface area contributed by atoms with Gasteiger partial charge in [0.15, 0.2) is 0 Å². The maximum Gasteiger partial charge on any atom is 0.244 e. The van der Waals surface area contributed by atoms with Gasteiger partial charge in [0.25, 0.3) is 0 Å². The van der Waals surface area contributed by atoms with Crippen molar-refractivity contribution in [2.75, 3.05) is 11.9 Å². The Bertz CT molecular complexity index is 530. The molecule has 2 N–H and O–H groups in total. The molecule has 2 rings (SSSR count). The highest BCUT2D eigenvalue weighted by Crippen LogP contribution is 2.27. The molecule has 0 radical (unpaired) electrons. The van der Waals surface area contributed by atoms with E-state index in [-0.39, 0.29) is 10.9 Å². The van der Waals surface area contributed by atoms with E-state index < -0.39 is 10.0 Å². The number of pyridine rings is 1. The molecule has 2 unspecified atom stereocenters. The highest BCUT2D eigenvalue weighted by atomic mass is 32.2. The van der Waals surface area contributed by atoms with Gasteiger partial charge in [-0.1, -0.05) is 6.92 Å².